The zero-order chi connectivity index (χ0) is 22.8. The lowest BCUT2D eigenvalue weighted by molar-refractivity contribution is -0.177. The van der Waals surface area contributed by atoms with Crippen LogP contribution >= 0.6 is 11.6 Å². The Kier molecular flexibility index (Phi) is 7.40. The van der Waals surface area contributed by atoms with Crippen LogP contribution in [0.4, 0.5) is 8.78 Å². The quantitative estimate of drug-likeness (QED) is 0.489. The number of nitrogens with one attached hydrogen (secondary N) is 1. The van der Waals surface area contributed by atoms with Crippen molar-refractivity contribution in [2.75, 3.05) is 12.5 Å². The third kappa shape index (κ3) is 4.72. The number of H-pyrrole nitrogens is 1. The van der Waals surface area contributed by atoms with Crippen LogP contribution in [-0.2, 0) is 23.8 Å². The molecule has 1 aliphatic rings. The van der Waals surface area contributed by atoms with Gasteiger partial charge in [-0.1, -0.05) is 27.7 Å². The molecule has 4 atom stereocenters. The van der Waals surface area contributed by atoms with Crippen molar-refractivity contribution in [2.24, 2.45) is 11.8 Å². The van der Waals surface area contributed by atoms with Crippen LogP contribution in [0.15, 0.2) is 15.8 Å². The van der Waals surface area contributed by atoms with E-state index in [4.69, 9.17) is 25.8 Å². The molecule has 0 bridgehead atoms. The van der Waals surface area contributed by atoms with Crippen LogP contribution in [-0.4, -0.2) is 51.9 Å². The van der Waals surface area contributed by atoms with Gasteiger partial charge < -0.3 is 14.2 Å². The van der Waals surface area contributed by atoms with Crippen LogP contribution < -0.4 is 11.2 Å². The molecule has 168 valence electrons. The second kappa shape index (κ2) is 9.25. The Bertz CT molecular complexity index is 917. The number of rotatable bonds is 7. The summed E-state index contributed by atoms with van der Waals surface area (Å²) in [6.07, 6.45) is -5.18. The molecule has 0 radical (unpaired) electrons. The highest BCUT2D eigenvalue weighted by atomic mass is 35.5. The van der Waals surface area contributed by atoms with E-state index in [1.165, 1.54) is 13.8 Å². The van der Waals surface area contributed by atoms with Gasteiger partial charge in [0.15, 0.2) is 24.1 Å². The number of hydrogen-bond donors (Lipinski definition) is 1. The molecular weight excluding hydrogens is 430 g/mol. The maximum atomic E-state index is 15.4. The number of aromatic amines is 1. The van der Waals surface area contributed by atoms with Crippen molar-refractivity contribution in [1.29, 1.82) is 0 Å². The van der Waals surface area contributed by atoms with E-state index in [1.54, 1.807) is 18.8 Å². The van der Waals surface area contributed by atoms with Gasteiger partial charge in [-0.3, -0.25) is 23.9 Å². The second-order valence-corrected chi connectivity index (χ2v) is 7.84. The molecule has 0 amide bonds. The molecule has 2 heterocycles. The predicted molar refractivity (Wildman–Crippen MR) is 100 cm³/mol. The highest BCUT2D eigenvalue weighted by Crippen LogP contribution is 2.42. The number of aromatic nitrogens is 2. The van der Waals surface area contributed by atoms with E-state index in [0.29, 0.717) is 10.8 Å². The largest absolute Gasteiger partial charge is 0.462 e. The molecule has 2 rings (SSSR count). The fourth-order valence-electron chi connectivity index (χ4n) is 2.73. The minimum atomic E-state index is -2.19. The Morgan fingerprint density at radius 1 is 1.27 bits per heavy atom. The van der Waals surface area contributed by atoms with E-state index in [-0.39, 0.29) is 0 Å². The van der Waals surface area contributed by atoms with Crippen molar-refractivity contribution >= 4 is 23.5 Å². The van der Waals surface area contributed by atoms with Gasteiger partial charge in [-0.15, -0.1) is 11.6 Å². The second-order valence-electron chi connectivity index (χ2n) is 7.57. The van der Waals surface area contributed by atoms with Crippen LogP contribution in [0, 0.1) is 17.7 Å². The zero-order valence-electron chi connectivity index (χ0n) is 16.8. The van der Waals surface area contributed by atoms with Crippen LogP contribution in [0.1, 0.15) is 33.9 Å². The summed E-state index contributed by atoms with van der Waals surface area (Å²) in [4.78, 5) is 49.1. The zero-order valence-corrected chi connectivity index (χ0v) is 17.6. The third-order valence-corrected chi connectivity index (χ3v) is 4.96. The molecule has 30 heavy (non-hydrogen) atoms. The van der Waals surface area contributed by atoms with Crippen molar-refractivity contribution in [3.05, 3.63) is 32.9 Å². The molecule has 9 nitrogen and oxygen atoms in total. The number of alkyl halides is 2. The molecule has 1 aliphatic heterocycles. The molecule has 4 unspecified atom stereocenters. The Balaban J connectivity index is 2.47. The van der Waals surface area contributed by atoms with Crippen molar-refractivity contribution in [2.45, 2.75) is 51.8 Å². The molecular formula is C18H23ClF2N2O7. The molecule has 0 aromatic carbocycles. The number of esters is 2. The lowest BCUT2D eigenvalue weighted by Crippen LogP contribution is -2.51. The van der Waals surface area contributed by atoms with E-state index in [0.717, 1.165) is 0 Å². The van der Waals surface area contributed by atoms with Crippen molar-refractivity contribution in [3.63, 3.8) is 0 Å². The fraction of sp³-hybridized carbons (Fsp3) is 0.667. The highest BCUT2D eigenvalue weighted by Gasteiger charge is 2.59. The lowest BCUT2D eigenvalue weighted by atomic mass is 9.98. The van der Waals surface area contributed by atoms with Crippen molar-refractivity contribution < 1.29 is 32.6 Å². The summed E-state index contributed by atoms with van der Waals surface area (Å²) >= 11 is 6.01. The summed E-state index contributed by atoms with van der Waals surface area (Å²) in [6.45, 7) is 5.61. The number of halogens is 3. The summed E-state index contributed by atoms with van der Waals surface area (Å²) in [6, 6.07) is 0. The summed E-state index contributed by atoms with van der Waals surface area (Å²) in [5, 5.41) is 0. The SMILES string of the molecule is CC(C)C(=O)OCC1(CCl)OC(n2cc(F)c(=O)[nH]c2=O)C(F)C1OC(=O)C(C)C. The Hall–Kier alpha value is -2.27. The highest BCUT2D eigenvalue weighted by molar-refractivity contribution is 6.18. The summed E-state index contributed by atoms with van der Waals surface area (Å²) < 4.78 is 45.5. The minimum Gasteiger partial charge on any atom is -0.462 e. The lowest BCUT2D eigenvalue weighted by Gasteiger charge is -2.32. The normalized spacial score (nSPS) is 26.2. The average molecular weight is 453 g/mol. The van der Waals surface area contributed by atoms with E-state index in [1.807, 2.05) is 0 Å². The van der Waals surface area contributed by atoms with Crippen LogP contribution in [0.5, 0.6) is 0 Å². The van der Waals surface area contributed by atoms with Gasteiger partial charge in [0.05, 0.1) is 23.9 Å². The molecule has 1 fully saturated rings. The van der Waals surface area contributed by atoms with E-state index in [9.17, 15) is 23.6 Å². The Morgan fingerprint density at radius 2 is 1.87 bits per heavy atom. The Morgan fingerprint density at radius 3 is 2.40 bits per heavy atom. The van der Waals surface area contributed by atoms with Gasteiger partial charge in [-0.2, -0.15) is 4.39 Å². The Labute approximate surface area is 175 Å². The molecule has 0 spiro atoms. The maximum absolute atomic E-state index is 15.4. The van der Waals surface area contributed by atoms with Gasteiger partial charge in [-0.05, 0) is 0 Å². The number of carbonyl (C=O) groups excluding carboxylic acids is 2. The first-order valence-electron chi connectivity index (χ1n) is 9.19. The fourth-order valence-corrected chi connectivity index (χ4v) is 3.02. The molecule has 1 aromatic heterocycles. The maximum Gasteiger partial charge on any atom is 0.330 e. The smallest absolute Gasteiger partial charge is 0.330 e. The first-order valence-corrected chi connectivity index (χ1v) is 9.73. The van der Waals surface area contributed by atoms with Gasteiger partial charge in [0.2, 0.25) is 5.82 Å². The number of ether oxygens (including phenoxy) is 3. The molecule has 0 aliphatic carbocycles. The van der Waals surface area contributed by atoms with Crippen molar-refractivity contribution in [3.8, 4) is 0 Å². The topological polar surface area (TPSA) is 117 Å². The molecule has 0 saturated carbocycles. The average Bonchev–Trinajstić information content (AvgIpc) is 2.95. The van der Waals surface area contributed by atoms with Crippen LogP contribution in [0.2, 0.25) is 0 Å². The van der Waals surface area contributed by atoms with Crippen LogP contribution in [0.3, 0.4) is 0 Å². The van der Waals surface area contributed by atoms with E-state index in [2.05, 4.69) is 0 Å². The molecule has 1 saturated heterocycles. The summed E-state index contributed by atoms with van der Waals surface area (Å²) in [5.41, 5.74) is -4.29. The van der Waals surface area contributed by atoms with Gasteiger partial charge in [0, 0.05) is 0 Å². The number of nitrogens with zero attached hydrogens (tertiary/aromatic N) is 1. The van der Waals surface area contributed by atoms with Crippen molar-refractivity contribution in [1.82, 2.24) is 9.55 Å². The van der Waals surface area contributed by atoms with E-state index >= 15 is 4.39 Å². The molecule has 1 aromatic rings. The molecule has 12 heteroatoms. The number of hydrogen-bond acceptors (Lipinski definition) is 7. The molecule has 1 N–H and O–H groups in total. The predicted octanol–water partition coefficient (Wildman–Crippen LogP) is 1.29. The first kappa shape index (κ1) is 24.0. The monoisotopic (exact) mass is 452 g/mol. The minimum absolute atomic E-state index is 0.476. The summed E-state index contributed by atoms with van der Waals surface area (Å²) in [5.74, 6) is -4.39. The third-order valence-electron chi connectivity index (χ3n) is 4.50. The van der Waals surface area contributed by atoms with E-state index < -0.39 is 77.4 Å². The van der Waals surface area contributed by atoms with Gasteiger partial charge in [0.25, 0.3) is 5.56 Å². The van der Waals surface area contributed by atoms with Gasteiger partial charge >= 0.3 is 17.6 Å². The van der Waals surface area contributed by atoms with Gasteiger partial charge in [-0.25, -0.2) is 9.18 Å². The van der Waals surface area contributed by atoms with Gasteiger partial charge in [0.1, 0.15) is 6.61 Å². The number of carbonyl (C=O) groups is 2. The summed E-state index contributed by atoms with van der Waals surface area (Å²) in [7, 11) is 0. The van der Waals surface area contributed by atoms with Crippen LogP contribution in [0.25, 0.3) is 0 Å². The first-order chi connectivity index (χ1) is 13.9. The standard InChI is InChI=1S/C18H23ClF2N2O7/c1-8(2)15(25)28-7-18(6-19)12(29-16(26)9(3)4)11(21)14(30-18)23-5-10(20)13(24)22-17(23)27/h5,8-9,11-12,14H,6-7H2,1-4H3,(H,22,24,27).